The lowest BCUT2D eigenvalue weighted by molar-refractivity contribution is 0.0943. The molecule has 0 atom stereocenters. The number of nitrogens with one attached hydrogen (secondary N) is 1. The number of carbonyl (C=O) groups excluding carboxylic acids is 1. The van der Waals surface area contributed by atoms with Crippen LogP contribution in [-0.2, 0) is 13.5 Å². The quantitative estimate of drug-likeness (QED) is 0.613. The lowest BCUT2D eigenvalue weighted by Crippen LogP contribution is -2.27. The Bertz CT molecular complexity index is 387. The van der Waals surface area contributed by atoms with Gasteiger partial charge in [0.25, 0.3) is 5.91 Å². The number of rotatable bonds is 6. The maximum absolute atomic E-state index is 11.9. The minimum Gasteiger partial charge on any atom is -0.396 e. The van der Waals surface area contributed by atoms with E-state index in [9.17, 15) is 4.79 Å². The number of carbonyl (C=O) groups is 1. The van der Waals surface area contributed by atoms with E-state index in [-0.39, 0.29) is 12.5 Å². The summed E-state index contributed by atoms with van der Waals surface area (Å²) in [5.41, 5.74) is 7.47. The topological polar surface area (TPSA) is 93.2 Å². The van der Waals surface area contributed by atoms with E-state index in [1.54, 1.807) is 7.05 Å². The van der Waals surface area contributed by atoms with E-state index in [0.717, 1.165) is 12.1 Å². The fraction of sp³-hybridized carbons (Fsp3) is 0.636. The van der Waals surface area contributed by atoms with Crippen molar-refractivity contribution in [3.8, 4) is 0 Å². The average Bonchev–Trinajstić information content (AvgIpc) is 2.59. The number of hydrogen-bond acceptors (Lipinski definition) is 4. The number of hydrogen-bond donors (Lipinski definition) is 3. The summed E-state index contributed by atoms with van der Waals surface area (Å²) in [7, 11) is 1.71. The first-order valence-corrected chi connectivity index (χ1v) is 5.82. The van der Waals surface area contributed by atoms with E-state index in [1.807, 2.05) is 6.92 Å². The zero-order valence-electron chi connectivity index (χ0n) is 10.4. The number of aryl methyl sites for hydroxylation is 2. The van der Waals surface area contributed by atoms with Crippen LogP contribution >= 0.6 is 0 Å². The van der Waals surface area contributed by atoms with Crippen LogP contribution in [0.2, 0.25) is 0 Å². The molecule has 0 fully saturated rings. The molecule has 1 heterocycles. The molecular formula is C11H20N4O2. The summed E-state index contributed by atoms with van der Waals surface area (Å²) in [6.07, 6.45) is 2.14. The highest BCUT2D eigenvalue weighted by Gasteiger charge is 2.18. The van der Waals surface area contributed by atoms with Crippen molar-refractivity contribution < 1.29 is 9.90 Å². The third kappa shape index (κ3) is 3.20. The van der Waals surface area contributed by atoms with Gasteiger partial charge < -0.3 is 16.2 Å². The minimum absolute atomic E-state index is 0.143. The van der Waals surface area contributed by atoms with E-state index in [0.29, 0.717) is 30.8 Å². The van der Waals surface area contributed by atoms with Crippen molar-refractivity contribution in [2.75, 3.05) is 18.9 Å². The maximum atomic E-state index is 11.9. The molecule has 0 aliphatic heterocycles. The molecule has 1 amide bonds. The Hall–Kier alpha value is -1.56. The van der Waals surface area contributed by atoms with Crippen LogP contribution in [0.4, 0.5) is 5.69 Å². The molecule has 0 aliphatic carbocycles. The number of anilines is 1. The zero-order chi connectivity index (χ0) is 12.8. The average molecular weight is 240 g/mol. The van der Waals surface area contributed by atoms with Gasteiger partial charge in [-0.2, -0.15) is 5.10 Å². The van der Waals surface area contributed by atoms with Crippen molar-refractivity contribution in [3.63, 3.8) is 0 Å². The van der Waals surface area contributed by atoms with Gasteiger partial charge in [-0.05, 0) is 19.3 Å². The molecule has 0 spiro atoms. The van der Waals surface area contributed by atoms with Gasteiger partial charge in [0.1, 0.15) is 5.69 Å². The molecule has 4 N–H and O–H groups in total. The first kappa shape index (κ1) is 13.5. The molecule has 6 nitrogen and oxygen atoms in total. The van der Waals surface area contributed by atoms with Gasteiger partial charge in [-0.1, -0.05) is 6.92 Å². The van der Waals surface area contributed by atoms with Crippen molar-refractivity contribution in [1.29, 1.82) is 0 Å². The maximum Gasteiger partial charge on any atom is 0.271 e. The Morgan fingerprint density at radius 1 is 1.53 bits per heavy atom. The number of amides is 1. The second-order valence-electron chi connectivity index (χ2n) is 3.87. The lowest BCUT2D eigenvalue weighted by Gasteiger charge is -2.05. The minimum atomic E-state index is -0.213. The third-order valence-electron chi connectivity index (χ3n) is 2.58. The standard InChI is InChI=1S/C11H20N4O2/c1-3-8-9(12)10(15(2)14-8)11(17)13-6-4-5-7-16/h16H,3-7,12H2,1-2H3,(H,13,17). The van der Waals surface area contributed by atoms with Crippen LogP contribution in [0.1, 0.15) is 35.9 Å². The number of unbranched alkanes of at least 4 members (excludes halogenated alkanes) is 1. The molecule has 1 aromatic rings. The van der Waals surface area contributed by atoms with E-state index >= 15 is 0 Å². The molecule has 0 unspecified atom stereocenters. The molecule has 1 rings (SSSR count). The van der Waals surface area contributed by atoms with E-state index < -0.39 is 0 Å². The monoisotopic (exact) mass is 240 g/mol. The van der Waals surface area contributed by atoms with Gasteiger partial charge in [-0.25, -0.2) is 0 Å². The van der Waals surface area contributed by atoms with Crippen molar-refractivity contribution in [2.24, 2.45) is 7.05 Å². The zero-order valence-corrected chi connectivity index (χ0v) is 10.4. The second-order valence-corrected chi connectivity index (χ2v) is 3.87. The lowest BCUT2D eigenvalue weighted by atomic mass is 10.2. The van der Waals surface area contributed by atoms with Gasteiger partial charge in [0.15, 0.2) is 0 Å². The van der Waals surface area contributed by atoms with Crippen molar-refractivity contribution in [3.05, 3.63) is 11.4 Å². The van der Waals surface area contributed by atoms with Crippen LogP contribution in [0, 0.1) is 0 Å². The summed E-state index contributed by atoms with van der Waals surface area (Å²) in [5, 5.41) is 15.6. The summed E-state index contributed by atoms with van der Waals surface area (Å²) >= 11 is 0. The molecule has 6 heteroatoms. The normalized spacial score (nSPS) is 10.5. The number of nitrogens with two attached hydrogens (primary N) is 1. The molecule has 1 aromatic heterocycles. The third-order valence-corrected chi connectivity index (χ3v) is 2.58. The molecule has 0 saturated heterocycles. The molecule has 96 valence electrons. The summed E-state index contributed by atoms with van der Waals surface area (Å²) in [5.74, 6) is -0.213. The summed E-state index contributed by atoms with van der Waals surface area (Å²) in [6, 6.07) is 0. The summed E-state index contributed by atoms with van der Waals surface area (Å²) in [6.45, 7) is 2.62. The van der Waals surface area contributed by atoms with Gasteiger partial charge in [-0.15, -0.1) is 0 Å². The molecule has 0 bridgehead atoms. The fourth-order valence-corrected chi connectivity index (χ4v) is 1.65. The van der Waals surface area contributed by atoms with E-state index in [1.165, 1.54) is 4.68 Å². The highest BCUT2D eigenvalue weighted by atomic mass is 16.2. The number of aromatic nitrogens is 2. The largest absolute Gasteiger partial charge is 0.396 e. The number of aliphatic hydroxyl groups is 1. The first-order chi connectivity index (χ1) is 8.11. The molecule has 0 saturated carbocycles. The Morgan fingerprint density at radius 2 is 2.24 bits per heavy atom. The van der Waals surface area contributed by atoms with Crippen LogP contribution in [0.5, 0.6) is 0 Å². The van der Waals surface area contributed by atoms with E-state index in [2.05, 4.69) is 10.4 Å². The molecule has 17 heavy (non-hydrogen) atoms. The number of aliphatic hydroxyl groups excluding tert-OH is 1. The van der Waals surface area contributed by atoms with Gasteiger partial charge in [-0.3, -0.25) is 9.48 Å². The van der Waals surface area contributed by atoms with Crippen molar-refractivity contribution in [2.45, 2.75) is 26.2 Å². The highest BCUT2D eigenvalue weighted by molar-refractivity contribution is 5.97. The van der Waals surface area contributed by atoms with Gasteiger partial charge in [0.2, 0.25) is 0 Å². The summed E-state index contributed by atoms with van der Waals surface area (Å²) in [4.78, 5) is 11.9. The second kappa shape index (κ2) is 6.24. The summed E-state index contributed by atoms with van der Waals surface area (Å²) < 4.78 is 1.51. The molecular weight excluding hydrogens is 220 g/mol. The van der Waals surface area contributed by atoms with Crippen LogP contribution < -0.4 is 11.1 Å². The predicted molar refractivity (Wildman–Crippen MR) is 65.7 cm³/mol. The smallest absolute Gasteiger partial charge is 0.271 e. The van der Waals surface area contributed by atoms with Crippen molar-refractivity contribution in [1.82, 2.24) is 15.1 Å². The van der Waals surface area contributed by atoms with Crippen LogP contribution in [0.25, 0.3) is 0 Å². The Morgan fingerprint density at radius 3 is 2.76 bits per heavy atom. The highest BCUT2D eigenvalue weighted by Crippen LogP contribution is 2.16. The van der Waals surface area contributed by atoms with Crippen molar-refractivity contribution >= 4 is 11.6 Å². The number of nitrogens with zero attached hydrogens (tertiary/aromatic N) is 2. The number of nitrogen functional groups attached to an aromatic ring is 1. The predicted octanol–water partition coefficient (Wildman–Crippen LogP) is 0.0670. The SMILES string of the molecule is CCc1nn(C)c(C(=O)NCCCCO)c1N. The molecule has 0 aliphatic rings. The van der Waals surface area contributed by atoms with Gasteiger partial charge in [0, 0.05) is 20.2 Å². The Balaban J connectivity index is 2.65. The van der Waals surface area contributed by atoms with Crippen LogP contribution in [0.15, 0.2) is 0 Å². The van der Waals surface area contributed by atoms with Gasteiger partial charge in [0.05, 0.1) is 11.4 Å². The molecule has 0 radical (unpaired) electrons. The van der Waals surface area contributed by atoms with E-state index in [4.69, 9.17) is 10.8 Å². The Kier molecular flexibility index (Phi) is 4.96. The Labute approximate surface area is 101 Å². The molecule has 0 aromatic carbocycles. The van der Waals surface area contributed by atoms with Gasteiger partial charge >= 0.3 is 0 Å². The first-order valence-electron chi connectivity index (χ1n) is 5.82. The van der Waals surface area contributed by atoms with Crippen LogP contribution in [0.3, 0.4) is 0 Å². The van der Waals surface area contributed by atoms with Crippen LogP contribution in [-0.4, -0.2) is 33.9 Å². The fourth-order valence-electron chi connectivity index (χ4n) is 1.65.